The molecular weight excluding hydrogens is 753 g/mol. The maximum Gasteiger partial charge on any atom is 0.252 e. The Morgan fingerprint density at radius 2 is 1.00 bits per heavy atom. The van der Waals surface area contributed by atoms with Gasteiger partial charge in [-0.1, -0.05) is 141 Å². The molecule has 9 aromatic carbocycles. The predicted octanol–water partition coefficient (Wildman–Crippen LogP) is 13.4. The number of benzene rings is 9. The monoisotopic (exact) mass is 793 g/mol. The Hall–Kier alpha value is -7.76. The molecule has 0 fully saturated rings. The Kier molecular flexibility index (Phi) is 7.42. The third-order valence-electron chi connectivity index (χ3n) is 13.6. The van der Waals surface area contributed by atoms with E-state index in [2.05, 4.69) is 235 Å². The zero-order valence-corrected chi connectivity index (χ0v) is 34.5. The molecule has 0 bridgehead atoms. The summed E-state index contributed by atoms with van der Waals surface area (Å²) in [5.74, 6) is 0. The zero-order chi connectivity index (χ0) is 41.1. The summed E-state index contributed by atoms with van der Waals surface area (Å²) >= 11 is 0. The molecule has 3 aliphatic rings. The lowest BCUT2D eigenvalue weighted by atomic mass is 9.33. The standard InChI is InChI=1S/C57H40BN3O/c1-57(2)43-25-11-9-22-40(43)41-24-15-29-48(55(41)57)61-50-31-16-30-49-56(50)58(45-35-34-39(36-51(45)61)59(37-18-5-3-6-19-37)38-20-7-4-8-21-38)44-26-12-13-27-46(44)60(49)47-28-17-33-53-54(47)42-23-10-14-32-52(42)62-53/h3-36H,1-2H3. The molecule has 0 spiro atoms. The molecule has 3 heterocycles. The second kappa shape index (κ2) is 13.1. The molecule has 5 heteroatoms. The van der Waals surface area contributed by atoms with Gasteiger partial charge in [0, 0.05) is 50.6 Å². The van der Waals surface area contributed by atoms with Crippen molar-refractivity contribution in [2.75, 3.05) is 14.7 Å². The highest BCUT2D eigenvalue weighted by atomic mass is 16.3. The minimum atomic E-state index is -0.233. The molecule has 4 nitrogen and oxygen atoms in total. The van der Waals surface area contributed by atoms with E-state index in [0.29, 0.717) is 0 Å². The van der Waals surface area contributed by atoms with Crippen LogP contribution in [-0.2, 0) is 5.41 Å². The average Bonchev–Trinajstić information content (AvgIpc) is 3.82. The van der Waals surface area contributed by atoms with Crippen LogP contribution in [0.1, 0.15) is 25.0 Å². The van der Waals surface area contributed by atoms with Crippen molar-refractivity contribution in [3.63, 3.8) is 0 Å². The van der Waals surface area contributed by atoms with Gasteiger partial charge >= 0.3 is 0 Å². The van der Waals surface area contributed by atoms with Crippen LogP contribution >= 0.6 is 0 Å². The van der Waals surface area contributed by atoms with Gasteiger partial charge < -0.3 is 19.1 Å². The molecule has 0 atom stereocenters. The highest BCUT2D eigenvalue weighted by Gasteiger charge is 2.46. The molecule has 1 aliphatic carbocycles. The molecule has 13 rings (SSSR count). The molecule has 0 N–H and O–H groups in total. The number of furan rings is 1. The lowest BCUT2D eigenvalue weighted by Gasteiger charge is -2.45. The van der Waals surface area contributed by atoms with Crippen molar-refractivity contribution in [3.05, 3.63) is 217 Å². The Bertz CT molecular complexity index is 3390. The molecular formula is C57H40BN3O. The Morgan fingerprint density at radius 1 is 0.435 bits per heavy atom. The molecule has 0 amide bonds. The molecule has 1 aromatic heterocycles. The summed E-state index contributed by atoms with van der Waals surface area (Å²) in [5, 5.41) is 2.24. The zero-order valence-electron chi connectivity index (χ0n) is 34.5. The number of para-hydroxylation sites is 4. The van der Waals surface area contributed by atoms with Gasteiger partial charge in [-0.05, 0) is 118 Å². The average molecular weight is 794 g/mol. The van der Waals surface area contributed by atoms with Gasteiger partial charge in [-0.25, -0.2) is 0 Å². The summed E-state index contributed by atoms with van der Waals surface area (Å²) in [5.41, 5.74) is 21.1. The number of rotatable bonds is 5. The fourth-order valence-corrected chi connectivity index (χ4v) is 11.1. The van der Waals surface area contributed by atoms with Crippen LogP contribution in [0.5, 0.6) is 0 Å². The van der Waals surface area contributed by atoms with Crippen molar-refractivity contribution in [3.8, 4) is 11.1 Å². The smallest absolute Gasteiger partial charge is 0.252 e. The first-order chi connectivity index (χ1) is 30.6. The van der Waals surface area contributed by atoms with Crippen LogP contribution < -0.4 is 31.1 Å². The van der Waals surface area contributed by atoms with Gasteiger partial charge in [0.15, 0.2) is 0 Å². The number of anilines is 9. The highest BCUT2D eigenvalue weighted by molar-refractivity contribution is 7.00. The van der Waals surface area contributed by atoms with Gasteiger partial charge in [0.1, 0.15) is 11.2 Å². The highest BCUT2D eigenvalue weighted by Crippen LogP contribution is 2.55. The fraction of sp³-hybridized carbons (Fsp3) is 0.0526. The van der Waals surface area contributed by atoms with Crippen LogP contribution in [0.25, 0.3) is 33.1 Å². The van der Waals surface area contributed by atoms with Gasteiger partial charge in [-0.2, -0.15) is 0 Å². The van der Waals surface area contributed by atoms with Crippen molar-refractivity contribution in [2.45, 2.75) is 19.3 Å². The first kappa shape index (κ1) is 35.0. The maximum absolute atomic E-state index is 6.50. The number of hydrogen-bond donors (Lipinski definition) is 0. The summed E-state index contributed by atoms with van der Waals surface area (Å²) in [6, 6.07) is 75.4. The van der Waals surface area contributed by atoms with Crippen LogP contribution in [0.2, 0.25) is 0 Å². The minimum absolute atomic E-state index is 0.0156. The Labute approximate surface area is 361 Å². The third-order valence-corrected chi connectivity index (χ3v) is 13.6. The third kappa shape index (κ3) is 4.85. The van der Waals surface area contributed by atoms with Crippen molar-refractivity contribution < 1.29 is 4.42 Å². The van der Waals surface area contributed by atoms with E-state index in [1.165, 1.54) is 67.1 Å². The number of nitrogens with zero attached hydrogens (tertiary/aromatic N) is 3. The van der Waals surface area contributed by atoms with Gasteiger partial charge in [0.05, 0.1) is 16.8 Å². The quantitative estimate of drug-likeness (QED) is 0.162. The molecule has 292 valence electrons. The van der Waals surface area contributed by atoms with Crippen molar-refractivity contribution in [2.24, 2.45) is 0 Å². The number of hydrogen-bond acceptors (Lipinski definition) is 4. The summed E-state index contributed by atoms with van der Waals surface area (Å²) in [7, 11) is 0. The molecule has 0 unspecified atom stereocenters. The maximum atomic E-state index is 6.50. The van der Waals surface area contributed by atoms with E-state index in [1.54, 1.807) is 0 Å². The van der Waals surface area contributed by atoms with E-state index >= 15 is 0 Å². The van der Waals surface area contributed by atoms with E-state index in [0.717, 1.165) is 44.7 Å². The van der Waals surface area contributed by atoms with Gasteiger partial charge in [0.2, 0.25) is 0 Å². The van der Waals surface area contributed by atoms with E-state index in [-0.39, 0.29) is 12.1 Å². The number of fused-ring (bicyclic) bond motifs is 10. The normalized spacial score (nSPS) is 14.0. The molecule has 0 saturated carbocycles. The molecule has 62 heavy (non-hydrogen) atoms. The van der Waals surface area contributed by atoms with Crippen LogP contribution in [-0.4, -0.2) is 6.71 Å². The predicted molar refractivity (Wildman–Crippen MR) is 260 cm³/mol. The molecule has 0 radical (unpaired) electrons. The molecule has 0 saturated heterocycles. The second-order valence-corrected chi connectivity index (χ2v) is 17.2. The minimum Gasteiger partial charge on any atom is -0.456 e. The SMILES string of the molecule is CC1(C)c2ccccc2-c2cccc(N3c4cc(N(c5ccccc5)c5ccccc5)ccc4B4c5ccccc5N(c5cccc6oc7ccccc7c56)c5cccc3c54)c21. The van der Waals surface area contributed by atoms with Crippen LogP contribution in [0.15, 0.2) is 211 Å². The summed E-state index contributed by atoms with van der Waals surface area (Å²) < 4.78 is 6.50. The Morgan fingerprint density at radius 3 is 1.81 bits per heavy atom. The lowest BCUT2D eigenvalue weighted by Crippen LogP contribution is -2.61. The first-order valence-electron chi connectivity index (χ1n) is 21.6. The molecule has 10 aromatic rings. The lowest BCUT2D eigenvalue weighted by molar-refractivity contribution is 0.661. The largest absolute Gasteiger partial charge is 0.456 e. The van der Waals surface area contributed by atoms with Crippen LogP contribution in [0.3, 0.4) is 0 Å². The summed E-state index contributed by atoms with van der Waals surface area (Å²) in [6.07, 6.45) is 0. The molecule has 2 aliphatic heterocycles. The topological polar surface area (TPSA) is 22.9 Å². The van der Waals surface area contributed by atoms with Crippen LogP contribution in [0.4, 0.5) is 51.2 Å². The van der Waals surface area contributed by atoms with Crippen molar-refractivity contribution in [1.29, 1.82) is 0 Å². The van der Waals surface area contributed by atoms with Gasteiger partial charge in [0.25, 0.3) is 6.71 Å². The van der Waals surface area contributed by atoms with Crippen molar-refractivity contribution in [1.82, 2.24) is 0 Å². The van der Waals surface area contributed by atoms with Gasteiger partial charge in [-0.3, -0.25) is 0 Å². The Balaban J connectivity index is 1.11. The van der Waals surface area contributed by atoms with Gasteiger partial charge in [-0.15, -0.1) is 0 Å². The summed E-state index contributed by atoms with van der Waals surface area (Å²) in [6.45, 7) is 4.77. The van der Waals surface area contributed by atoms with E-state index < -0.39 is 0 Å². The fourth-order valence-electron chi connectivity index (χ4n) is 11.1. The van der Waals surface area contributed by atoms with E-state index in [1.807, 2.05) is 0 Å². The first-order valence-corrected chi connectivity index (χ1v) is 21.6. The van der Waals surface area contributed by atoms with E-state index in [4.69, 9.17) is 4.42 Å². The van der Waals surface area contributed by atoms with Crippen molar-refractivity contribution >= 4 is 96.2 Å². The van der Waals surface area contributed by atoms with E-state index in [9.17, 15) is 0 Å². The second-order valence-electron chi connectivity index (χ2n) is 17.2. The summed E-state index contributed by atoms with van der Waals surface area (Å²) in [4.78, 5) is 7.47. The van der Waals surface area contributed by atoms with Crippen LogP contribution in [0, 0.1) is 0 Å².